The summed E-state index contributed by atoms with van der Waals surface area (Å²) in [7, 11) is 0. The van der Waals surface area contributed by atoms with Gasteiger partial charge in [0.1, 0.15) is 13.2 Å². The summed E-state index contributed by atoms with van der Waals surface area (Å²) >= 11 is 0. The second-order valence-electron chi connectivity index (χ2n) is 19.5. The highest BCUT2D eigenvalue weighted by Crippen LogP contribution is 2.16. The summed E-state index contributed by atoms with van der Waals surface area (Å²) < 4.78 is 16.8. The first-order valence-electron chi connectivity index (χ1n) is 30.0. The lowest BCUT2D eigenvalue weighted by Crippen LogP contribution is -2.30. The van der Waals surface area contributed by atoms with Crippen molar-refractivity contribution in [1.82, 2.24) is 0 Å². The van der Waals surface area contributed by atoms with Gasteiger partial charge in [-0.3, -0.25) is 14.4 Å². The Labute approximate surface area is 450 Å². The van der Waals surface area contributed by atoms with Crippen molar-refractivity contribution in [3.05, 3.63) is 122 Å². The smallest absolute Gasteiger partial charge is 0.306 e. The highest BCUT2D eigenvalue weighted by molar-refractivity contribution is 5.71. The molecule has 0 aliphatic carbocycles. The molecule has 0 saturated carbocycles. The SMILES string of the molecule is CC/C=C\C/C=C\C/C=C\C/C=C\C/C=C\C/C=C\CCC(=O)OC[C@H](COC(=O)CCCCCCCCCCCCCCCCCCCCCCC)OC(=O)CCCC/C=C\C/C=C\C/C=C\C/C=C\CC. The van der Waals surface area contributed by atoms with Crippen molar-refractivity contribution in [3.63, 3.8) is 0 Å². The molecule has 0 unspecified atom stereocenters. The lowest BCUT2D eigenvalue weighted by atomic mass is 10.0. The zero-order valence-corrected chi connectivity index (χ0v) is 47.4. The third kappa shape index (κ3) is 58.6. The van der Waals surface area contributed by atoms with Gasteiger partial charge in [-0.15, -0.1) is 0 Å². The maximum Gasteiger partial charge on any atom is 0.306 e. The Morgan fingerprint density at radius 2 is 0.562 bits per heavy atom. The van der Waals surface area contributed by atoms with Crippen molar-refractivity contribution < 1.29 is 28.6 Å². The van der Waals surface area contributed by atoms with Crippen molar-refractivity contribution in [2.75, 3.05) is 13.2 Å². The van der Waals surface area contributed by atoms with Crippen LogP contribution in [0, 0.1) is 0 Å². The number of ether oxygens (including phenoxy) is 3. The van der Waals surface area contributed by atoms with Crippen molar-refractivity contribution in [1.29, 1.82) is 0 Å². The van der Waals surface area contributed by atoms with Crippen LogP contribution < -0.4 is 0 Å². The van der Waals surface area contributed by atoms with E-state index in [9.17, 15) is 14.4 Å². The summed E-state index contributed by atoms with van der Waals surface area (Å²) in [5.74, 6) is -1.05. The Kier molecular flexibility index (Phi) is 56.9. The van der Waals surface area contributed by atoms with Crippen molar-refractivity contribution >= 4 is 17.9 Å². The van der Waals surface area contributed by atoms with E-state index in [1.165, 1.54) is 116 Å². The van der Waals surface area contributed by atoms with Gasteiger partial charge in [-0.1, -0.05) is 271 Å². The fourth-order valence-corrected chi connectivity index (χ4v) is 8.05. The van der Waals surface area contributed by atoms with Gasteiger partial charge in [0.25, 0.3) is 0 Å². The van der Waals surface area contributed by atoms with E-state index in [1.807, 2.05) is 6.08 Å². The summed E-state index contributed by atoms with van der Waals surface area (Å²) in [5, 5.41) is 0. The van der Waals surface area contributed by atoms with Crippen LogP contribution in [0.15, 0.2) is 122 Å². The highest BCUT2D eigenvalue weighted by Gasteiger charge is 2.19. The lowest BCUT2D eigenvalue weighted by Gasteiger charge is -2.18. The Morgan fingerprint density at radius 3 is 0.918 bits per heavy atom. The molecule has 0 radical (unpaired) electrons. The summed E-state index contributed by atoms with van der Waals surface area (Å²) in [5.41, 5.74) is 0. The van der Waals surface area contributed by atoms with E-state index in [0.717, 1.165) is 96.3 Å². The molecule has 0 rings (SSSR count). The van der Waals surface area contributed by atoms with Gasteiger partial charge in [0, 0.05) is 19.3 Å². The molecule has 0 saturated heterocycles. The van der Waals surface area contributed by atoms with Crippen molar-refractivity contribution in [2.24, 2.45) is 0 Å². The first kappa shape index (κ1) is 68.8. The quantitative estimate of drug-likeness (QED) is 0.0261. The molecule has 0 amide bonds. The van der Waals surface area contributed by atoms with Crippen LogP contribution in [0.25, 0.3) is 0 Å². The topological polar surface area (TPSA) is 78.9 Å². The van der Waals surface area contributed by atoms with Crippen LogP contribution in [0.2, 0.25) is 0 Å². The summed E-state index contributed by atoms with van der Waals surface area (Å²) in [4.78, 5) is 38.2. The van der Waals surface area contributed by atoms with E-state index in [-0.39, 0.29) is 44.0 Å². The number of allylic oxidation sites excluding steroid dienone is 20. The Morgan fingerprint density at radius 1 is 0.288 bits per heavy atom. The Balaban J connectivity index is 4.49. The van der Waals surface area contributed by atoms with Crippen LogP contribution in [0.5, 0.6) is 0 Å². The van der Waals surface area contributed by atoms with E-state index in [1.54, 1.807) is 0 Å². The minimum absolute atomic E-state index is 0.119. The van der Waals surface area contributed by atoms with E-state index < -0.39 is 6.10 Å². The largest absolute Gasteiger partial charge is 0.462 e. The number of unbranched alkanes of at least 4 members (excludes halogenated alkanes) is 22. The molecule has 0 aliphatic rings. The van der Waals surface area contributed by atoms with Gasteiger partial charge >= 0.3 is 17.9 Å². The summed E-state index contributed by atoms with van der Waals surface area (Å²) in [6, 6.07) is 0. The predicted octanol–water partition coefficient (Wildman–Crippen LogP) is 20.4. The molecule has 0 bridgehead atoms. The fourth-order valence-electron chi connectivity index (χ4n) is 8.05. The van der Waals surface area contributed by atoms with Gasteiger partial charge in [-0.25, -0.2) is 0 Å². The van der Waals surface area contributed by atoms with E-state index in [2.05, 4.69) is 136 Å². The van der Waals surface area contributed by atoms with Crippen molar-refractivity contribution in [3.8, 4) is 0 Å². The molecular formula is C67H110O6. The molecule has 0 heterocycles. The molecule has 0 aromatic heterocycles. The molecule has 73 heavy (non-hydrogen) atoms. The molecule has 414 valence electrons. The average molecular weight is 1010 g/mol. The second kappa shape index (κ2) is 60.4. The molecule has 6 heteroatoms. The van der Waals surface area contributed by atoms with Gasteiger partial charge in [0.2, 0.25) is 0 Å². The molecule has 0 aliphatic heterocycles. The fraction of sp³-hybridized carbons (Fsp3) is 0.657. The van der Waals surface area contributed by atoms with Crippen LogP contribution >= 0.6 is 0 Å². The lowest BCUT2D eigenvalue weighted by molar-refractivity contribution is -0.166. The molecule has 0 N–H and O–H groups in total. The van der Waals surface area contributed by atoms with E-state index >= 15 is 0 Å². The molecule has 0 fully saturated rings. The van der Waals surface area contributed by atoms with Gasteiger partial charge in [-0.05, 0) is 96.3 Å². The normalized spacial score (nSPS) is 13.0. The first-order chi connectivity index (χ1) is 36.0. The Bertz CT molecular complexity index is 1540. The van der Waals surface area contributed by atoms with E-state index in [0.29, 0.717) is 19.3 Å². The van der Waals surface area contributed by atoms with Crippen LogP contribution in [-0.2, 0) is 28.6 Å². The third-order valence-electron chi connectivity index (χ3n) is 12.5. The number of rotatable bonds is 53. The zero-order chi connectivity index (χ0) is 52.9. The zero-order valence-electron chi connectivity index (χ0n) is 47.4. The standard InChI is InChI=1S/C67H110O6/c1-4-7-10-13-16-19-22-25-28-30-32-33-35-37-40-42-45-48-51-54-57-60-66(69)72-63-64(73-67(70)61-58-55-52-49-46-43-38-27-24-21-18-15-12-9-6-3)62-71-65(68)59-56-53-50-47-44-41-39-36-34-31-29-26-23-20-17-14-11-8-5-2/h8-9,11-12,17-18,20-21,26-27,29,34,36,38,41,44,46,49-50,53,64H,4-7,10,13-16,19,22-25,28,30-33,35,37,39-40,42-43,45,47-48,51-52,54-63H2,1-3H3/b11-8-,12-9-,20-17-,21-18-,29-26-,36-34-,38-27-,44-41-,49-46-,53-50-/t64-/m1/s1. The monoisotopic (exact) mass is 1010 g/mol. The Hall–Kier alpha value is -4.19. The van der Waals surface area contributed by atoms with E-state index in [4.69, 9.17) is 14.2 Å². The molecule has 6 nitrogen and oxygen atoms in total. The maximum atomic E-state index is 12.8. The average Bonchev–Trinajstić information content (AvgIpc) is 3.39. The number of carbonyl (C=O) groups excluding carboxylic acids is 3. The first-order valence-corrected chi connectivity index (χ1v) is 30.0. The highest BCUT2D eigenvalue weighted by atomic mass is 16.6. The molecule has 0 aromatic rings. The molecule has 0 aromatic carbocycles. The minimum atomic E-state index is -0.833. The third-order valence-corrected chi connectivity index (χ3v) is 12.5. The van der Waals surface area contributed by atoms with Gasteiger partial charge in [0.15, 0.2) is 6.10 Å². The summed E-state index contributed by atoms with van der Waals surface area (Å²) in [6.45, 7) is 6.33. The minimum Gasteiger partial charge on any atom is -0.462 e. The number of esters is 3. The predicted molar refractivity (Wildman–Crippen MR) is 316 cm³/mol. The van der Waals surface area contributed by atoms with Gasteiger partial charge in [0.05, 0.1) is 0 Å². The maximum absolute atomic E-state index is 12.8. The molecular weight excluding hydrogens is 901 g/mol. The van der Waals surface area contributed by atoms with Crippen molar-refractivity contribution in [2.45, 2.75) is 271 Å². The summed E-state index contributed by atoms with van der Waals surface area (Å²) in [6.07, 6.45) is 83.6. The van der Waals surface area contributed by atoms with Crippen LogP contribution in [0.1, 0.15) is 265 Å². The number of carbonyl (C=O) groups is 3. The van der Waals surface area contributed by atoms with Gasteiger partial charge in [-0.2, -0.15) is 0 Å². The molecule has 0 spiro atoms. The van der Waals surface area contributed by atoms with Crippen LogP contribution in [-0.4, -0.2) is 37.2 Å². The second-order valence-corrected chi connectivity index (χ2v) is 19.5. The van der Waals surface area contributed by atoms with Crippen LogP contribution in [0.3, 0.4) is 0 Å². The number of hydrogen-bond acceptors (Lipinski definition) is 6. The molecule has 1 atom stereocenters. The van der Waals surface area contributed by atoms with Crippen LogP contribution in [0.4, 0.5) is 0 Å². The number of hydrogen-bond donors (Lipinski definition) is 0. The van der Waals surface area contributed by atoms with Gasteiger partial charge < -0.3 is 14.2 Å².